The Kier molecular flexibility index (Phi) is 4.43. The van der Waals surface area contributed by atoms with Gasteiger partial charge in [0.1, 0.15) is 5.75 Å². The standard InChI is InChI=1S/C15H22N2O2/c1-11-8-16-9-14(11)15(18)17(2)10-12-5-4-6-13(7-12)19-3/h4-7,11,14,16H,8-10H2,1-3H3. The Balaban J connectivity index is 1.99. The lowest BCUT2D eigenvalue weighted by atomic mass is 9.96. The van der Waals surface area contributed by atoms with Crippen molar-refractivity contribution in [2.75, 3.05) is 27.2 Å². The average molecular weight is 262 g/mol. The fourth-order valence-electron chi connectivity index (χ4n) is 2.55. The molecule has 4 nitrogen and oxygen atoms in total. The number of methoxy groups -OCH3 is 1. The number of ether oxygens (including phenoxy) is 1. The van der Waals surface area contributed by atoms with Crippen LogP contribution in [-0.4, -0.2) is 38.1 Å². The molecule has 2 atom stereocenters. The molecule has 0 aliphatic carbocycles. The first-order valence-corrected chi connectivity index (χ1v) is 6.70. The van der Waals surface area contributed by atoms with E-state index in [2.05, 4.69) is 12.2 Å². The predicted octanol–water partition coefficient (Wildman–Crippen LogP) is 1.51. The van der Waals surface area contributed by atoms with Crippen molar-refractivity contribution < 1.29 is 9.53 Å². The first kappa shape index (κ1) is 13.9. The van der Waals surface area contributed by atoms with Crippen LogP contribution in [0.5, 0.6) is 5.75 Å². The lowest BCUT2D eigenvalue weighted by molar-refractivity contribution is -0.135. The molecule has 1 amide bonds. The van der Waals surface area contributed by atoms with Gasteiger partial charge in [-0.2, -0.15) is 0 Å². The lowest BCUT2D eigenvalue weighted by Crippen LogP contribution is -2.35. The van der Waals surface area contributed by atoms with Crippen LogP contribution >= 0.6 is 0 Å². The number of carbonyl (C=O) groups excluding carboxylic acids is 1. The van der Waals surface area contributed by atoms with Crippen molar-refractivity contribution in [1.29, 1.82) is 0 Å². The zero-order valence-corrected chi connectivity index (χ0v) is 11.8. The molecule has 4 heteroatoms. The maximum absolute atomic E-state index is 12.4. The number of nitrogens with zero attached hydrogens (tertiary/aromatic N) is 1. The van der Waals surface area contributed by atoms with Gasteiger partial charge in [-0.3, -0.25) is 4.79 Å². The van der Waals surface area contributed by atoms with E-state index in [1.807, 2.05) is 36.2 Å². The number of hydrogen-bond acceptors (Lipinski definition) is 3. The Hall–Kier alpha value is -1.55. The van der Waals surface area contributed by atoms with E-state index in [-0.39, 0.29) is 11.8 Å². The van der Waals surface area contributed by atoms with Gasteiger partial charge in [-0.1, -0.05) is 19.1 Å². The van der Waals surface area contributed by atoms with E-state index in [4.69, 9.17) is 4.74 Å². The van der Waals surface area contributed by atoms with Crippen LogP contribution in [-0.2, 0) is 11.3 Å². The average Bonchev–Trinajstić information content (AvgIpc) is 2.84. The minimum absolute atomic E-state index is 0.107. The number of rotatable bonds is 4. The van der Waals surface area contributed by atoms with Crippen molar-refractivity contribution in [1.82, 2.24) is 10.2 Å². The quantitative estimate of drug-likeness (QED) is 0.894. The summed E-state index contributed by atoms with van der Waals surface area (Å²) < 4.78 is 5.20. The number of amides is 1. The first-order chi connectivity index (χ1) is 9.11. The zero-order valence-electron chi connectivity index (χ0n) is 11.8. The largest absolute Gasteiger partial charge is 0.497 e. The van der Waals surface area contributed by atoms with Crippen LogP contribution in [0.3, 0.4) is 0 Å². The fourth-order valence-corrected chi connectivity index (χ4v) is 2.55. The number of benzene rings is 1. The number of nitrogens with one attached hydrogen (secondary N) is 1. The highest BCUT2D eigenvalue weighted by molar-refractivity contribution is 5.79. The number of carbonyl (C=O) groups is 1. The lowest BCUT2D eigenvalue weighted by Gasteiger charge is -2.23. The van der Waals surface area contributed by atoms with E-state index in [9.17, 15) is 4.79 Å². The van der Waals surface area contributed by atoms with Gasteiger partial charge in [0.15, 0.2) is 0 Å². The van der Waals surface area contributed by atoms with Crippen LogP contribution in [0.4, 0.5) is 0 Å². The Morgan fingerprint density at radius 3 is 2.89 bits per heavy atom. The monoisotopic (exact) mass is 262 g/mol. The molecule has 0 bridgehead atoms. The van der Waals surface area contributed by atoms with Crippen molar-refractivity contribution in [2.24, 2.45) is 11.8 Å². The van der Waals surface area contributed by atoms with Crippen LogP contribution in [0, 0.1) is 11.8 Å². The van der Waals surface area contributed by atoms with E-state index < -0.39 is 0 Å². The summed E-state index contributed by atoms with van der Waals surface area (Å²) in [6.07, 6.45) is 0. The molecule has 0 radical (unpaired) electrons. The van der Waals surface area contributed by atoms with Crippen LogP contribution in [0.1, 0.15) is 12.5 Å². The van der Waals surface area contributed by atoms with Crippen molar-refractivity contribution >= 4 is 5.91 Å². The number of hydrogen-bond donors (Lipinski definition) is 1. The zero-order chi connectivity index (χ0) is 13.8. The summed E-state index contributed by atoms with van der Waals surface area (Å²) in [5, 5.41) is 3.27. The summed E-state index contributed by atoms with van der Waals surface area (Å²) in [6.45, 7) is 4.48. The van der Waals surface area contributed by atoms with E-state index in [1.165, 1.54) is 0 Å². The van der Waals surface area contributed by atoms with Gasteiger partial charge in [-0.05, 0) is 30.2 Å². The third-order valence-electron chi connectivity index (χ3n) is 3.76. The summed E-state index contributed by atoms with van der Waals surface area (Å²) in [7, 11) is 3.52. The Morgan fingerprint density at radius 2 is 2.26 bits per heavy atom. The molecule has 0 spiro atoms. The minimum Gasteiger partial charge on any atom is -0.497 e. The second-order valence-corrected chi connectivity index (χ2v) is 5.29. The maximum atomic E-state index is 12.4. The van der Waals surface area contributed by atoms with Crippen LogP contribution < -0.4 is 10.1 Å². The molecule has 1 N–H and O–H groups in total. The molecule has 1 fully saturated rings. The highest BCUT2D eigenvalue weighted by atomic mass is 16.5. The maximum Gasteiger partial charge on any atom is 0.227 e. The molecule has 104 valence electrons. The van der Waals surface area contributed by atoms with Crippen molar-refractivity contribution in [3.8, 4) is 5.75 Å². The third-order valence-corrected chi connectivity index (χ3v) is 3.76. The van der Waals surface area contributed by atoms with Gasteiger partial charge < -0.3 is 15.0 Å². The van der Waals surface area contributed by atoms with Gasteiger partial charge >= 0.3 is 0 Å². The second-order valence-electron chi connectivity index (χ2n) is 5.29. The van der Waals surface area contributed by atoms with Crippen LogP contribution in [0.25, 0.3) is 0 Å². The van der Waals surface area contributed by atoms with Gasteiger partial charge in [0, 0.05) is 20.1 Å². The second kappa shape index (κ2) is 6.06. The molecule has 19 heavy (non-hydrogen) atoms. The smallest absolute Gasteiger partial charge is 0.227 e. The van der Waals surface area contributed by atoms with Crippen LogP contribution in [0.2, 0.25) is 0 Å². The topological polar surface area (TPSA) is 41.6 Å². The molecule has 1 aliphatic heterocycles. The molecule has 1 aromatic rings. The summed E-state index contributed by atoms with van der Waals surface area (Å²) in [5.41, 5.74) is 1.09. The summed E-state index contributed by atoms with van der Waals surface area (Å²) >= 11 is 0. The highest BCUT2D eigenvalue weighted by Crippen LogP contribution is 2.20. The summed E-state index contributed by atoms with van der Waals surface area (Å²) in [4.78, 5) is 14.2. The minimum atomic E-state index is 0.107. The molecular weight excluding hydrogens is 240 g/mol. The van der Waals surface area contributed by atoms with E-state index in [0.717, 1.165) is 24.4 Å². The van der Waals surface area contributed by atoms with E-state index in [0.29, 0.717) is 12.5 Å². The van der Waals surface area contributed by atoms with Gasteiger partial charge in [0.2, 0.25) is 5.91 Å². The van der Waals surface area contributed by atoms with Crippen LogP contribution in [0.15, 0.2) is 24.3 Å². The van der Waals surface area contributed by atoms with E-state index >= 15 is 0 Å². The fraction of sp³-hybridized carbons (Fsp3) is 0.533. The molecule has 1 aliphatic rings. The van der Waals surface area contributed by atoms with E-state index in [1.54, 1.807) is 7.11 Å². The predicted molar refractivity (Wildman–Crippen MR) is 75.0 cm³/mol. The normalized spacial score (nSPS) is 22.3. The SMILES string of the molecule is COc1cccc(CN(C)C(=O)C2CNCC2C)c1. The summed E-state index contributed by atoms with van der Waals surface area (Å²) in [6, 6.07) is 7.85. The first-order valence-electron chi connectivity index (χ1n) is 6.70. The van der Waals surface area contributed by atoms with Gasteiger partial charge in [0.25, 0.3) is 0 Å². The van der Waals surface area contributed by atoms with Gasteiger partial charge in [0.05, 0.1) is 13.0 Å². The Labute approximate surface area is 114 Å². The molecular formula is C15H22N2O2. The molecule has 1 heterocycles. The van der Waals surface area contributed by atoms with Crippen molar-refractivity contribution in [2.45, 2.75) is 13.5 Å². The summed E-state index contributed by atoms with van der Waals surface area (Å²) in [5.74, 6) is 1.57. The van der Waals surface area contributed by atoms with Gasteiger partial charge in [-0.25, -0.2) is 0 Å². The third kappa shape index (κ3) is 3.26. The Morgan fingerprint density at radius 1 is 1.47 bits per heavy atom. The molecule has 1 aromatic carbocycles. The van der Waals surface area contributed by atoms with Crippen molar-refractivity contribution in [3.05, 3.63) is 29.8 Å². The molecule has 2 unspecified atom stereocenters. The molecule has 1 saturated heterocycles. The molecule has 2 rings (SSSR count). The van der Waals surface area contributed by atoms with Crippen molar-refractivity contribution in [3.63, 3.8) is 0 Å². The molecule has 0 saturated carbocycles. The van der Waals surface area contributed by atoms with Gasteiger partial charge in [-0.15, -0.1) is 0 Å². The highest BCUT2D eigenvalue weighted by Gasteiger charge is 2.31. The molecule has 0 aromatic heterocycles. The Bertz CT molecular complexity index is 448.